The molecule has 6 nitrogen and oxygen atoms in total. The molecule has 29 heavy (non-hydrogen) atoms. The topological polar surface area (TPSA) is 82.5 Å². The molecule has 4 aliphatic carbocycles. The van der Waals surface area contributed by atoms with Gasteiger partial charge in [-0.1, -0.05) is 0 Å². The summed E-state index contributed by atoms with van der Waals surface area (Å²) >= 11 is 1.48. The van der Waals surface area contributed by atoms with Gasteiger partial charge in [-0.15, -0.1) is 11.8 Å². The van der Waals surface area contributed by atoms with E-state index < -0.39 is 5.97 Å². The summed E-state index contributed by atoms with van der Waals surface area (Å²) in [5, 5.41) is 13.3. The molecule has 0 radical (unpaired) electrons. The minimum Gasteiger partial charge on any atom is -0.481 e. The van der Waals surface area contributed by atoms with E-state index in [-0.39, 0.29) is 11.8 Å². The molecule has 4 bridgehead atoms. The number of hydrogen-bond acceptors (Lipinski definition) is 5. The van der Waals surface area contributed by atoms with Gasteiger partial charge in [0.1, 0.15) is 10.8 Å². The standard InChI is InChI=1S/C22H29N3O3S/c1-29-21-17(2-3-18(23-21)25-5-4-14(11-25)22(27)28)20(26)24-19-15-7-12-6-13(9-15)10-16(19)8-12/h2-3,12-16,19H,4-11H2,1H3,(H,24,26)(H,27,28). The van der Waals surface area contributed by atoms with Crippen LogP contribution in [-0.4, -0.2) is 47.4 Å². The Balaban J connectivity index is 1.30. The maximum absolute atomic E-state index is 13.1. The third kappa shape index (κ3) is 3.51. The van der Waals surface area contributed by atoms with Gasteiger partial charge in [-0.2, -0.15) is 0 Å². The Hall–Kier alpha value is -1.76. The Morgan fingerprint density at radius 3 is 2.41 bits per heavy atom. The second-order valence-corrected chi connectivity index (χ2v) is 10.2. The van der Waals surface area contributed by atoms with Crippen LogP contribution < -0.4 is 10.2 Å². The van der Waals surface area contributed by atoms with Gasteiger partial charge >= 0.3 is 5.97 Å². The van der Waals surface area contributed by atoms with Gasteiger partial charge in [-0.3, -0.25) is 9.59 Å². The average Bonchev–Trinajstić information content (AvgIpc) is 3.20. The Labute approximate surface area is 175 Å². The first kappa shape index (κ1) is 19.2. The fourth-order valence-electron chi connectivity index (χ4n) is 6.50. The predicted molar refractivity (Wildman–Crippen MR) is 112 cm³/mol. The van der Waals surface area contributed by atoms with Crippen LogP contribution in [0.4, 0.5) is 5.82 Å². The Morgan fingerprint density at radius 2 is 1.83 bits per heavy atom. The number of carbonyl (C=O) groups excluding carboxylic acids is 1. The van der Waals surface area contributed by atoms with Gasteiger partial charge in [0.15, 0.2) is 0 Å². The van der Waals surface area contributed by atoms with E-state index in [4.69, 9.17) is 4.98 Å². The number of rotatable bonds is 5. The largest absolute Gasteiger partial charge is 0.481 e. The van der Waals surface area contributed by atoms with Crippen LogP contribution >= 0.6 is 11.8 Å². The Bertz CT molecular complexity index is 802. The fourth-order valence-corrected chi connectivity index (χ4v) is 7.06. The van der Waals surface area contributed by atoms with Crippen molar-refractivity contribution < 1.29 is 14.7 Å². The molecular weight excluding hydrogens is 386 g/mol. The van der Waals surface area contributed by atoms with Crippen LogP contribution in [0, 0.1) is 29.6 Å². The van der Waals surface area contributed by atoms with E-state index >= 15 is 0 Å². The highest BCUT2D eigenvalue weighted by molar-refractivity contribution is 7.98. The molecule has 156 valence electrons. The molecule has 1 amide bonds. The summed E-state index contributed by atoms with van der Waals surface area (Å²) < 4.78 is 0. The van der Waals surface area contributed by atoms with Crippen molar-refractivity contribution in [3.63, 3.8) is 0 Å². The van der Waals surface area contributed by atoms with E-state index in [1.165, 1.54) is 43.9 Å². The van der Waals surface area contributed by atoms with Crippen molar-refractivity contribution in [2.75, 3.05) is 24.2 Å². The lowest BCUT2D eigenvalue weighted by atomic mass is 9.54. The molecule has 1 aromatic heterocycles. The molecule has 6 rings (SSSR count). The number of hydrogen-bond donors (Lipinski definition) is 2. The molecule has 1 aromatic rings. The van der Waals surface area contributed by atoms with Gasteiger partial charge in [0.25, 0.3) is 5.91 Å². The van der Waals surface area contributed by atoms with Gasteiger partial charge in [-0.25, -0.2) is 4.98 Å². The SMILES string of the molecule is CSc1nc(N2CCC(C(=O)O)C2)ccc1C(=O)NC1C2CC3CC(C2)CC1C3. The summed E-state index contributed by atoms with van der Waals surface area (Å²) in [5.41, 5.74) is 0.643. The van der Waals surface area contributed by atoms with Crippen LogP contribution in [0.5, 0.6) is 0 Å². The summed E-state index contributed by atoms with van der Waals surface area (Å²) in [5.74, 6) is 2.76. The minimum absolute atomic E-state index is 0.00397. The summed E-state index contributed by atoms with van der Waals surface area (Å²) in [7, 11) is 0. The zero-order chi connectivity index (χ0) is 20.1. The average molecular weight is 416 g/mol. The number of carboxylic acid groups (broad SMARTS) is 1. The van der Waals surface area contributed by atoms with Crippen LogP contribution in [0.25, 0.3) is 0 Å². The van der Waals surface area contributed by atoms with Crippen molar-refractivity contribution in [3.8, 4) is 0 Å². The minimum atomic E-state index is -0.746. The summed E-state index contributed by atoms with van der Waals surface area (Å²) in [6.45, 7) is 1.17. The molecule has 1 saturated heterocycles. The third-order valence-corrected chi connectivity index (χ3v) is 8.37. The normalized spacial score (nSPS) is 35.1. The summed E-state index contributed by atoms with van der Waals surface area (Å²) in [6, 6.07) is 4.06. The first-order valence-corrected chi connectivity index (χ1v) is 12.1. The van der Waals surface area contributed by atoms with Gasteiger partial charge in [0.2, 0.25) is 0 Å². The number of carboxylic acids is 1. The summed E-state index contributed by atoms with van der Waals surface area (Å²) in [6.07, 6.45) is 9.12. The number of carbonyl (C=O) groups is 2. The quantitative estimate of drug-likeness (QED) is 0.719. The van der Waals surface area contributed by atoms with Gasteiger partial charge in [0.05, 0.1) is 11.5 Å². The molecule has 1 atom stereocenters. The highest BCUT2D eigenvalue weighted by atomic mass is 32.2. The van der Waals surface area contributed by atoms with Crippen LogP contribution in [0.3, 0.4) is 0 Å². The third-order valence-electron chi connectivity index (χ3n) is 7.67. The number of thioether (sulfide) groups is 1. The Morgan fingerprint density at radius 1 is 1.14 bits per heavy atom. The molecule has 4 saturated carbocycles. The van der Waals surface area contributed by atoms with Crippen LogP contribution in [0.15, 0.2) is 17.2 Å². The highest BCUT2D eigenvalue weighted by Gasteiger charge is 2.48. The first-order chi connectivity index (χ1) is 14.0. The Kier molecular flexibility index (Phi) is 4.96. The van der Waals surface area contributed by atoms with Gasteiger partial charge < -0.3 is 15.3 Å². The second-order valence-electron chi connectivity index (χ2n) is 9.43. The maximum Gasteiger partial charge on any atom is 0.308 e. The molecule has 2 N–H and O–H groups in total. The predicted octanol–water partition coefficient (Wildman–Crippen LogP) is 3.27. The highest BCUT2D eigenvalue weighted by Crippen LogP contribution is 2.53. The van der Waals surface area contributed by atoms with Crippen molar-refractivity contribution in [1.29, 1.82) is 0 Å². The zero-order valence-corrected chi connectivity index (χ0v) is 17.7. The molecule has 0 aromatic carbocycles. The van der Waals surface area contributed by atoms with E-state index in [2.05, 4.69) is 5.32 Å². The molecular formula is C22H29N3O3S. The number of pyridine rings is 1. The second kappa shape index (κ2) is 7.49. The molecule has 0 spiro atoms. The number of nitrogens with zero attached hydrogens (tertiary/aromatic N) is 2. The molecule has 5 aliphatic rings. The molecule has 2 heterocycles. The number of amides is 1. The van der Waals surface area contributed by atoms with Crippen molar-refractivity contribution in [3.05, 3.63) is 17.7 Å². The number of aromatic nitrogens is 1. The molecule has 5 fully saturated rings. The number of nitrogens with one attached hydrogen (secondary N) is 1. The zero-order valence-electron chi connectivity index (χ0n) is 16.8. The van der Waals surface area contributed by atoms with Crippen molar-refractivity contribution in [2.45, 2.75) is 49.6 Å². The first-order valence-electron chi connectivity index (χ1n) is 10.9. The van der Waals surface area contributed by atoms with E-state index in [0.29, 0.717) is 43.0 Å². The smallest absolute Gasteiger partial charge is 0.308 e. The van der Waals surface area contributed by atoms with Gasteiger partial charge in [-0.05, 0) is 80.6 Å². The van der Waals surface area contributed by atoms with Gasteiger partial charge in [0, 0.05) is 19.1 Å². The fraction of sp³-hybridized carbons (Fsp3) is 0.682. The number of aliphatic carboxylic acids is 1. The lowest BCUT2D eigenvalue weighted by Crippen LogP contribution is -2.55. The lowest BCUT2D eigenvalue weighted by molar-refractivity contribution is -0.140. The molecule has 1 unspecified atom stereocenters. The van der Waals surface area contributed by atoms with E-state index in [1.807, 2.05) is 23.3 Å². The summed E-state index contributed by atoms with van der Waals surface area (Å²) in [4.78, 5) is 31.1. The maximum atomic E-state index is 13.1. The molecule has 7 heteroatoms. The van der Waals surface area contributed by atoms with Crippen LogP contribution in [-0.2, 0) is 4.79 Å². The number of anilines is 1. The monoisotopic (exact) mass is 415 g/mol. The van der Waals surface area contributed by atoms with Crippen molar-refractivity contribution in [1.82, 2.24) is 10.3 Å². The van der Waals surface area contributed by atoms with E-state index in [0.717, 1.165) is 22.7 Å². The van der Waals surface area contributed by atoms with Crippen molar-refractivity contribution >= 4 is 29.5 Å². The van der Waals surface area contributed by atoms with Crippen LogP contribution in [0.2, 0.25) is 0 Å². The van der Waals surface area contributed by atoms with Crippen LogP contribution in [0.1, 0.15) is 48.9 Å². The molecule has 1 aliphatic heterocycles. The van der Waals surface area contributed by atoms with E-state index in [1.54, 1.807) is 0 Å². The van der Waals surface area contributed by atoms with E-state index in [9.17, 15) is 14.7 Å². The lowest BCUT2D eigenvalue weighted by Gasteiger charge is -2.54. The van der Waals surface area contributed by atoms with Crippen molar-refractivity contribution in [2.24, 2.45) is 29.6 Å².